The minimum atomic E-state index is -1.66. The molecule has 0 aliphatic carbocycles. The van der Waals surface area contributed by atoms with Gasteiger partial charge >= 0.3 is 5.97 Å². The molecule has 0 radical (unpaired) electrons. The molecule has 0 saturated carbocycles. The molecule has 0 spiro atoms. The van der Waals surface area contributed by atoms with E-state index in [4.69, 9.17) is 56.2 Å². The molecule has 126 valence electrons. The average molecular weight is 411 g/mol. The molecule has 2 aromatic rings. The molecule has 24 heavy (non-hydrogen) atoms. The van der Waals surface area contributed by atoms with Crippen LogP contribution >= 0.6 is 46.4 Å². The lowest BCUT2D eigenvalue weighted by molar-refractivity contribution is -0.385. The minimum Gasteiger partial charge on any atom is -0.477 e. The Morgan fingerprint density at radius 2 is 1.83 bits per heavy atom. The van der Waals surface area contributed by atoms with Gasteiger partial charge < -0.3 is 9.84 Å². The van der Waals surface area contributed by atoms with Gasteiger partial charge in [0.2, 0.25) is 3.79 Å². The van der Waals surface area contributed by atoms with Gasteiger partial charge in [-0.25, -0.2) is 4.79 Å². The fourth-order valence-corrected chi connectivity index (χ4v) is 2.37. The van der Waals surface area contributed by atoms with Crippen LogP contribution in [-0.2, 0) is 3.79 Å². The Labute approximate surface area is 155 Å². The van der Waals surface area contributed by atoms with Gasteiger partial charge in [0.05, 0.1) is 9.95 Å². The molecule has 10 heteroatoms. The Morgan fingerprint density at radius 1 is 1.17 bits per heavy atom. The zero-order valence-corrected chi connectivity index (χ0v) is 14.5. The van der Waals surface area contributed by atoms with Crippen LogP contribution in [0.3, 0.4) is 0 Å². The van der Waals surface area contributed by atoms with E-state index < -0.39 is 25.9 Å². The Morgan fingerprint density at radius 3 is 2.33 bits per heavy atom. The predicted octanol–water partition coefficient (Wildman–Crippen LogP) is 5.57. The highest BCUT2D eigenvalue weighted by Crippen LogP contribution is 2.41. The number of hydrogen-bond acceptors (Lipinski definition) is 4. The maximum Gasteiger partial charge on any atom is 0.342 e. The van der Waals surface area contributed by atoms with Crippen molar-refractivity contribution < 1.29 is 19.6 Å². The summed E-state index contributed by atoms with van der Waals surface area (Å²) in [6.07, 6.45) is 0. The number of halogens is 4. The molecule has 0 unspecified atom stereocenters. The third-order valence-electron chi connectivity index (χ3n) is 2.88. The van der Waals surface area contributed by atoms with E-state index in [1.54, 1.807) is 0 Å². The highest BCUT2D eigenvalue weighted by atomic mass is 35.6. The number of benzene rings is 2. The number of ether oxygens (including phenoxy) is 1. The molecule has 0 bridgehead atoms. The van der Waals surface area contributed by atoms with Crippen LogP contribution in [0.2, 0.25) is 5.02 Å². The fraction of sp³-hybridized carbons (Fsp3) is 0.0714. The van der Waals surface area contributed by atoms with Crippen LogP contribution in [-0.4, -0.2) is 16.0 Å². The zero-order valence-electron chi connectivity index (χ0n) is 11.5. The second-order valence-corrected chi connectivity index (χ2v) is 7.17. The Hall–Kier alpha value is -1.73. The van der Waals surface area contributed by atoms with Crippen LogP contribution in [0.5, 0.6) is 11.5 Å². The van der Waals surface area contributed by atoms with Crippen LogP contribution in [0.4, 0.5) is 5.69 Å². The molecule has 0 aliphatic heterocycles. The topological polar surface area (TPSA) is 89.7 Å². The number of carboxylic acid groups (broad SMARTS) is 1. The first kappa shape index (κ1) is 18.6. The third kappa shape index (κ3) is 4.21. The molecule has 6 nitrogen and oxygen atoms in total. The number of nitro benzene ring substituents is 1. The molecule has 0 atom stereocenters. The van der Waals surface area contributed by atoms with E-state index >= 15 is 0 Å². The van der Waals surface area contributed by atoms with Crippen molar-refractivity contribution in [3.05, 3.63) is 62.7 Å². The number of nitro groups is 1. The number of hydrogen-bond donors (Lipinski definition) is 1. The zero-order chi connectivity index (χ0) is 18.1. The Balaban J connectivity index is 2.37. The van der Waals surface area contributed by atoms with Crippen molar-refractivity contribution in [2.75, 3.05) is 0 Å². The van der Waals surface area contributed by atoms with Gasteiger partial charge in [-0.3, -0.25) is 10.1 Å². The first-order chi connectivity index (χ1) is 11.1. The van der Waals surface area contributed by atoms with Gasteiger partial charge in [0, 0.05) is 17.7 Å². The molecule has 0 aromatic heterocycles. The van der Waals surface area contributed by atoms with E-state index in [0.29, 0.717) is 5.56 Å². The first-order valence-corrected chi connectivity index (χ1v) is 7.67. The minimum absolute atomic E-state index is 0.0570. The van der Waals surface area contributed by atoms with Gasteiger partial charge in [0.15, 0.2) is 0 Å². The number of nitrogens with zero attached hydrogens (tertiary/aromatic N) is 1. The highest BCUT2D eigenvalue weighted by molar-refractivity contribution is 6.66. The first-order valence-electron chi connectivity index (χ1n) is 6.16. The van der Waals surface area contributed by atoms with Gasteiger partial charge in [-0.05, 0) is 18.2 Å². The van der Waals surface area contributed by atoms with Crippen LogP contribution < -0.4 is 4.74 Å². The quantitative estimate of drug-likeness (QED) is 0.404. The number of alkyl halides is 3. The molecule has 0 saturated heterocycles. The molecule has 2 aromatic carbocycles. The average Bonchev–Trinajstić information content (AvgIpc) is 2.47. The molecule has 1 N–H and O–H groups in total. The summed E-state index contributed by atoms with van der Waals surface area (Å²) in [5.74, 6) is -1.23. The third-order valence-corrected chi connectivity index (χ3v) is 3.83. The monoisotopic (exact) mass is 409 g/mol. The summed E-state index contributed by atoms with van der Waals surface area (Å²) in [5, 5.41) is 20.0. The van der Waals surface area contributed by atoms with Gasteiger partial charge in [-0.2, -0.15) is 0 Å². The summed E-state index contributed by atoms with van der Waals surface area (Å²) in [6.45, 7) is 0. The van der Waals surface area contributed by atoms with Crippen LogP contribution in [0, 0.1) is 10.1 Å². The molecule has 2 rings (SSSR count). The van der Waals surface area contributed by atoms with Crippen molar-refractivity contribution in [1.82, 2.24) is 0 Å². The van der Waals surface area contributed by atoms with Crippen LogP contribution in [0.15, 0.2) is 36.4 Å². The van der Waals surface area contributed by atoms with Gasteiger partial charge in [0.1, 0.15) is 17.1 Å². The van der Waals surface area contributed by atoms with E-state index in [1.165, 1.54) is 24.3 Å². The predicted molar refractivity (Wildman–Crippen MR) is 90.8 cm³/mol. The lowest BCUT2D eigenvalue weighted by Crippen LogP contribution is -2.03. The van der Waals surface area contributed by atoms with Crippen molar-refractivity contribution in [1.29, 1.82) is 0 Å². The standard InChI is InChI=1S/C14H7Cl4NO5/c15-10-5-7(14(16,17)18)1-4-12(10)24-8-2-3-11(19(22)23)9(6-8)13(20)21/h1-6H,(H,20,21). The highest BCUT2D eigenvalue weighted by Gasteiger charge is 2.24. The largest absolute Gasteiger partial charge is 0.477 e. The SMILES string of the molecule is O=C(O)c1cc(Oc2ccc(C(Cl)(Cl)Cl)cc2Cl)ccc1[N+](=O)[O-]. The lowest BCUT2D eigenvalue weighted by Gasteiger charge is -2.14. The summed E-state index contributed by atoms with van der Waals surface area (Å²) < 4.78 is 3.79. The van der Waals surface area contributed by atoms with Gasteiger partial charge in [-0.15, -0.1) is 0 Å². The summed E-state index contributed by atoms with van der Waals surface area (Å²) >= 11 is 23.3. The molecule has 0 heterocycles. The molecular formula is C14H7Cl4NO5. The van der Waals surface area contributed by atoms with Crippen molar-refractivity contribution in [3.8, 4) is 11.5 Å². The van der Waals surface area contributed by atoms with E-state index in [9.17, 15) is 14.9 Å². The van der Waals surface area contributed by atoms with Crippen molar-refractivity contribution in [2.45, 2.75) is 3.79 Å². The molecule has 0 fully saturated rings. The molecule has 0 amide bonds. The number of carboxylic acids is 1. The van der Waals surface area contributed by atoms with E-state index in [1.807, 2.05) is 0 Å². The summed E-state index contributed by atoms with van der Waals surface area (Å²) in [7, 11) is 0. The van der Waals surface area contributed by atoms with Gasteiger partial charge in [-0.1, -0.05) is 52.5 Å². The Kier molecular flexibility index (Phi) is 5.45. The molecular weight excluding hydrogens is 404 g/mol. The van der Waals surface area contributed by atoms with Crippen LogP contribution in [0.1, 0.15) is 15.9 Å². The normalized spacial score (nSPS) is 11.2. The Bertz CT molecular complexity index is 819. The summed E-state index contributed by atoms with van der Waals surface area (Å²) in [4.78, 5) is 21.2. The summed E-state index contributed by atoms with van der Waals surface area (Å²) in [5.41, 5.74) is -0.737. The second kappa shape index (κ2) is 7.03. The number of aromatic carboxylic acids is 1. The maximum atomic E-state index is 11.1. The van der Waals surface area contributed by atoms with Crippen molar-refractivity contribution in [2.24, 2.45) is 0 Å². The second-order valence-electron chi connectivity index (χ2n) is 4.49. The van der Waals surface area contributed by atoms with E-state index in [2.05, 4.69) is 0 Å². The smallest absolute Gasteiger partial charge is 0.342 e. The number of rotatable bonds is 4. The van der Waals surface area contributed by atoms with Gasteiger partial charge in [0.25, 0.3) is 5.69 Å². The molecule has 0 aliphatic rings. The number of carbonyl (C=O) groups is 1. The fourth-order valence-electron chi connectivity index (χ4n) is 1.80. The van der Waals surface area contributed by atoms with Crippen molar-refractivity contribution >= 4 is 58.1 Å². The van der Waals surface area contributed by atoms with Crippen LogP contribution in [0.25, 0.3) is 0 Å². The summed E-state index contributed by atoms with van der Waals surface area (Å²) in [6, 6.07) is 7.60. The van der Waals surface area contributed by atoms with Crippen molar-refractivity contribution in [3.63, 3.8) is 0 Å². The van der Waals surface area contributed by atoms with E-state index in [-0.39, 0.29) is 16.5 Å². The maximum absolute atomic E-state index is 11.1. The van der Waals surface area contributed by atoms with E-state index in [0.717, 1.165) is 12.1 Å². The lowest BCUT2D eigenvalue weighted by atomic mass is 10.1.